The molecule has 0 bridgehead atoms. The molecule has 2 heterocycles. The van der Waals surface area contributed by atoms with Crippen molar-refractivity contribution in [3.05, 3.63) is 40.1 Å². The fourth-order valence-electron chi connectivity index (χ4n) is 1.92. The standard InChI is InChI=1S/C14H19N3O2S/c1-10(2)17-7-6-15-13(17)8-16-14(18)12-5-4-11(20-12)9-19-3/h4-7,10H,8-9H2,1-3H3,(H,16,18). The molecule has 0 radical (unpaired) electrons. The number of ether oxygens (including phenoxy) is 1. The van der Waals surface area contributed by atoms with Gasteiger partial charge >= 0.3 is 0 Å². The van der Waals surface area contributed by atoms with Gasteiger partial charge < -0.3 is 14.6 Å². The molecule has 0 fully saturated rings. The van der Waals surface area contributed by atoms with Crippen LogP contribution in [0.5, 0.6) is 0 Å². The molecule has 20 heavy (non-hydrogen) atoms. The van der Waals surface area contributed by atoms with Gasteiger partial charge in [0.05, 0.1) is 18.0 Å². The van der Waals surface area contributed by atoms with Crippen molar-refractivity contribution < 1.29 is 9.53 Å². The molecule has 108 valence electrons. The van der Waals surface area contributed by atoms with Crippen LogP contribution in [0.25, 0.3) is 0 Å². The molecular weight excluding hydrogens is 274 g/mol. The number of nitrogens with one attached hydrogen (secondary N) is 1. The Bertz CT molecular complexity index is 574. The van der Waals surface area contributed by atoms with E-state index in [1.165, 1.54) is 11.3 Å². The lowest BCUT2D eigenvalue weighted by Gasteiger charge is -2.11. The summed E-state index contributed by atoms with van der Waals surface area (Å²) in [5.41, 5.74) is 0. The van der Waals surface area contributed by atoms with E-state index in [9.17, 15) is 4.79 Å². The first-order valence-corrected chi connectivity index (χ1v) is 7.31. The van der Waals surface area contributed by atoms with E-state index in [2.05, 4.69) is 24.1 Å². The second-order valence-electron chi connectivity index (χ2n) is 4.73. The number of aromatic nitrogens is 2. The molecule has 0 spiro atoms. The van der Waals surface area contributed by atoms with Crippen LogP contribution in [-0.2, 0) is 17.9 Å². The SMILES string of the molecule is COCc1ccc(C(=O)NCc2nccn2C(C)C)s1. The average Bonchev–Trinajstić information content (AvgIpc) is 3.04. The van der Waals surface area contributed by atoms with Crippen molar-refractivity contribution in [1.82, 2.24) is 14.9 Å². The number of nitrogens with zero attached hydrogens (tertiary/aromatic N) is 2. The van der Waals surface area contributed by atoms with E-state index < -0.39 is 0 Å². The molecule has 0 aliphatic heterocycles. The van der Waals surface area contributed by atoms with Gasteiger partial charge in [-0.25, -0.2) is 4.98 Å². The van der Waals surface area contributed by atoms with Gasteiger partial charge in [0.25, 0.3) is 5.91 Å². The second kappa shape index (κ2) is 6.67. The lowest BCUT2D eigenvalue weighted by Crippen LogP contribution is -2.24. The highest BCUT2D eigenvalue weighted by Gasteiger charge is 2.11. The van der Waals surface area contributed by atoms with Gasteiger partial charge in [-0.2, -0.15) is 0 Å². The summed E-state index contributed by atoms with van der Waals surface area (Å²) in [6.07, 6.45) is 3.68. The Morgan fingerprint density at radius 2 is 2.30 bits per heavy atom. The molecular formula is C14H19N3O2S. The van der Waals surface area contributed by atoms with Crippen LogP contribution in [0.3, 0.4) is 0 Å². The van der Waals surface area contributed by atoms with E-state index in [0.29, 0.717) is 24.1 Å². The summed E-state index contributed by atoms with van der Waals surface area (Å²) >= 11 is 1.45. The van der Waals surface area contributed by atoms with E-state index in [1.807, 2.05) is 22.9 Å². The number of hydrogen-bond acceptors (Lipinski definition) is 4. The predicted octanol–water partition coefficient (Wildman–Crippen LogP) is 2.60. The van der Waals surface area contributed by atoms with Crippen LogP contribution in [0.15, 0.2) is 24.5 Å². The summed E-state index contributed by atoms with van der Waals surface area (Å²) in [6, 6.07) is 4.07. The zero-order chi connectivity index (χ0) is 14.5. The smallest absolute Gasteiger partial charge is 0.261 e. The van der Waals surface area contributed by atoms with E-state index in [0.717, 1.165) is 10.7 Å². The molecule has 6 heteroatoms. The quantitative estimate of drug-likeness (QED) is 0.890. The molecule has 0 saturated heterocycles. The van der Waals surface area contributed by atoms with Gasteiger partial charge in [0.1, 0.15) is 5.82 Å². The lowest BCUT2D eigenvalue weighted by molar-refractivity contribution is 0.0953. The molecule has 0 atom stereocenters. The zero-order valence-corrected chi connectivity index (χ0v) is 12.7. The summed E-state index contributed by atoms with van der Waals surface area (Å²) in [5, 5.41) is 2.90. The Hall–Kier alpha value is -1.66. The Labute approximate surface area is 122 Å². The highest BCUT2D eigenvalue weighted by molar-refractivity contribution is 7.14. The van der Waals surface area contributed by atoms with Crippen molar-refractivity contribution >= 4 is 17.2 Å². The first-order chi connectivity index (χ1) is 9.61. The molecule has 2 rings (SSSR count). The minimum atomic E-state index is -0.0735. The van der Waals surface area contributed by atoms with E-state index in [-0.39, 0.29) is 5.91 Å². The number of rotatable bonds is 6. The van der Waals surface area contributed by atoms with Crippen molar-refractivity contribution in [2.75, 3.05) is 7.11 Å². The number of imidazole rings is 1. The van der Waals surface area contributed by atoms with Gasteiger partial charge in [0.15, 0.2) is 0 Å². The van der Waals surface area contributed by atoms with Crippen molar-refractivity contribution in [1.29, 1.82) is 0 Å². The highest BCUT2D eigenvalue weighted by Crippen LogP contribution is 2.17. The van der Waals surface area contributed by atoms with Gasteiger partial charge in [-0.1, -0.05) is 0 Å². The van der Waals surface area contributed by atoms with Gasteiger partial charge in [-0.05, 0) is 26.0 Å². The molecule has 5 nitrogen and oxygen atoms in total. The molecule has 1 amide bonds. The van der Waals surface area contributed by atoms with Gasteiger partial charge in [0.2, 0.25) is 0 Å². The van der Waals surface area contributed by atoms with Gasteiger partial charge in [-0.15, -0.1) is 11.3 Å². The maximum Gasteiger partial charge on any atom is 0.261 e. The number of carbonyl (C=O) groups is 1. The fraction of sp³-hybridized carbons (Fsp3) is 0.429. The summed E-state index contributed by atoms with van der Waals surface area (Å²) in [5.74, 6) is 0.790. The molecule has 0 unspecified atom stereocenters. The number of methoxy groups -OCH3 is 1. The number of hydrogen-bond donors (Lipinski definition) is 1. The Kier molecular flexibility index (Phi) is 4.92. The molecule has 1 N–H and O–H groups in total. The maximum absolute atomic E-state index is 12.1. The van der Waals surface area contributed by atoms with Crippen LogP contribution in [-0.4, -0.2) is 22.6 Å². The first kappa shape index (κ1) is 14.7. The predicted molar refractivity (Wildman–Crippen MR) is 78.8 cm³/mol. The number of thiophene rings is 1. The molecule has 2 aromatic heterocycles. The summed E-state index contributed by atoms with van der Waals surface area (Å²) < 4.78 is 7.09. The fourth-order valence-corrected chi connectivity index (χ4v) is 2.81. The first-order valence-electron chi connectivity index (χ1n) is 6.49. The van der Waals surface area contributed by atoms with Crippen LogP contribution >= 0.6 is 11.3 Å². The van der Waals surface area contributed by atoms with Crippen molar-refractivity contribution in [3.8, 4) is 0 Å². The van der Waals surface area contributed by atoms with E-state index in [1.54, 1.807) is 13.3 Å². The molecule has 0 aromatic carbocycles. The molecule has 0 aliphatic rings. The summed E-state index contributed by atoms with van der Waals surface area (Å²) in [7, 11) is 1.64. The van der Waals surface area contributed by atoms with Crippen molar-refractivity contribution in [2.45, 2.75) is 33.0 Å². The van der Waals surface area contributed by atoms with Crippen LogP contribution < -0.4 is 5.32 Å². The number of carbonyl (C=O) groups excluding carboxylic acids is 1. The molecule has 0 saturated carbocycles. The lowest BCUT2D eigenvalue weighted by atomic mass is 10.3. The molecule has 2 aromatic rings. The highest BCUT2D eigenvalue weighted by atomic mass is 32.1. The minimum absolute atomic E-state index is 0.0735. The third-order valence-corrected chi connectivity index (χ3v) is 3.94. The third kappa shape index (κ3) is 3.46. The summed E-state index contributed by atoms with van der Waals surface area (Å²) in [6.45, 7) is 5.14. The largest absolute Gasteiger partial charge is 0.379 e. The minimum Gasteiger partial charge on any atom is -0.379 e. The van der Waals surface area contributed by atoms with Gasteiger partial charge in [-0.3, -0.25) is 4.79 Å². The topological polar surface area (TPSA) is 56.1 Å². The van der Waals surface area contributed by atoms with Crippen molar-refractivity contribution in [3.63, 3.8) is 0 Å². The number of amides is 1. The van der Waals surface area contributed by atoms with Crippen LogP contribution in [0.2, 0.25) is 0 Å². The van der Waals surface area contributed by atoms with E-state index >= 15 is 0 Å². The van der Waals surface area contributed by atoms with Crippen LogP contribution in [0.4, 0.5) is 0 Å². The van der Waals surface area contributed by atoms with Crippen LogP contribution in [0, 0.1) is 0 Å². The van der Waals surface area contributed by atoms with Crippen molar-refractivity contribution in [2.24, 2.45) is 0 Å². The average molecular weight is 293 g/mol. The monoisotopic (exact) mass is 293 g/mol. The summed E-state index contributed by atoms with van der Waals surface area (Å²) in [4.78, 5) is 18.1. The third-order valence-electron chi connectivity index (χ3n) is 2.88. The zero-order valence-electron chi connectivity index (χ0n) is 11.9. The Morgan fingerprint density at radius 1 is 1.50 bits per heavy atom. The second-order valence-corrected chi connectivity index (χ2v) is 5.89. The normalized spacial score (nSPS) is 11.0. The van der Waals surface area contributed by atoms with Gasteiger partial charge in [0, 0.05) is 30.4 Å². The van der Waals surface area contributed by atoms with E-state index in [4.69, 9.17) is 4.74 Å². The Balaban J connectivity index is 1.95. The maximum atomic E-state index is 12.1. The Morgan fingerprint density at radius 3 is 3.00 bits per heavy atom. The van der Waals surface area contributed by atoms with Crippen LogP contribution in [0.1, 0.15) is 40.3 Å². The molecule has 0 aliphatic carbocycles.